The first-order valence-electron chi connectivity index (χ1n) is 8.11. The van der Waals surface area contributed by atoms with Crippen molar-refractivity contribution in [2.45, 2.75) is 58.8 Å². The SMILES string of the molecule is CCc1cc(-c2ccc3c(c2C(C)(C)C)CCC3)ccn1. The highest BCUT2D eigenvalue weighted by Crippen LogP contribution is 2.40. The fourth-order valence-corrected chi connectivity index (χ4v) is 3.60. The second-order valence-electron chi connectivity index (χ2n) is 7.12. The molecule has 3 rings (SSSR count). The molecule has 1 aromatic carbocycles. The lowest BCUT2D eigenvalue weighted by molar-refractivity contribution is 0.585. The van der Waals surface area contributed by atoms with E-state index >= 15 is 0 Å². The van der Waals surface area contributed by atoms with Crippen molar-refractivity contribution in [3.63, 3.8) is 0 Å². The van der Waals surface area contributed by atoms with Gasteiger partial charge in [-0.05, 0) is 71.0 Å². The summed E-state index contributed by atoms with van der Waals surface area (Å²) in [6, 6.07) is 9.09. The molecule has 110 valence electrons. The summed E-state index contributed by atoms with van der Waals surface area (Å²) in [6.45, 7) is 9.19. The Morgan fingerprint density at radius 3 is 2.62 bits per heavy atom. The molecule has 1 aliphatic rings. The lowest BCUT2D eigenvalue weighted by atomic mass is 9.78. The van der Waals surface area contributed by atoms with Crippen LogP contribution in [-0.4, -0.2) is 4.98 Å². The predicted octanol–water partition coefficient (Wildman–Crippen LogP) is 5.10. The summed E-state index contributed by atoms with van der Waals surface area (Å²) >= 11 is 0. The molecule has 0 saturated carbocycles. The second-order valence-corrected chi connectivity index (χ2v) is 7.12. The van der Waals surface area contributed by atoms with Gasteiger partial charge in [0.05, 0.1) is 0 Å². The lowest BCUT2D eigenvalue weighted by Gasteiger charge is -2.27. The Bertz CT molecular complexity index is 662. The summed E-state index contributed by atoms with van der Waals surface area (Å²) in [4.78, 5) is 4.45. The Morgan fingerprint density at radius 1 is 1.10 bits per heavy atom. The molecule has 1 aliphatic carbocycles. The average molecular weight is 279 g/mol. The van der Waals surface area contributed by atoms with Crippen LogP contribution in [0.1, 0.15) is 56.5 Å². The van der Waals surface area contributed by atoms with Crippen molar-refractivity contribution in [2.75, 3.05) is 0 Å². The molecule has 1 heterocycles. The first-order chi connectivity index (χ1) is 10.0. The molecule has 0 unspecified atom stereocenters. The van der Waals surface area contributed by atoms with Gasteiger partial charge in [-0.15, -0.1) is 0 Å². The molecule has 0 saturated heterocycles. The largest absolute Gasteiger partial charge is 0.261 e. The van der Waals surface area contributed by atoms with Gasteiger partial charge in [0.2, 0.25) is 0 Å². The predicted molar refractivity (Wildman–Crippen MR) is 89.8 cm³/mol. The summed E-state index contributed by atoms with van der Waals surface area (Å²) in [5.41, 5.74) is 8.80. The molecular formula is C20H25N. The van der Waals surface area contributed by atoms with Crippen LogP contribution in [0.2, 0.25) is 0 Å². The Labute approximate surface area is 128 Å². The maximum absolute atomic E-state index is 4.45. The Kier molecular flexibility index (Phi) is 3.61. The van der Waals surface area contributed by atoms with Crippen molar-refractivity contribution < 1.29 is 0 Å². The monoisotopic (exact) mass is 279 g/mol. The van der Waals surface area contributed by atoms with Gasteiger partial charge in [0.15, 0.2) is 0 Å². The van der Waals surface area contributed by atoms with Crippen molar-refractivity contribution in [3.8, 4) is 11.1 Å². The highest BCUT2D eigenvalue weighted by atomic mass is 14.7. The summed E-state index contributed by atoms with van der Waals surface area (Å²) in [5, 5.41) is 0. The van der Waals surface area contributed by atoms with Gasteiger partial charge < -0.3 is 0 Å². The van der Waals surface area contributed by atoms with Gasteiger partial charge in [-0.25, -0.2) is 0 Å². The number of hydrogen-bond acceptors (Lipinski definition) is 1. The van der Waals surface area contributed by atoms with E-state index in [4.69, 9.17) is 0 Å². The average Bonchev–Trinajstić information content (AvgIpc) is 2.93. The van der Waals surface area contributed by atoms with Gasteiger partial charge in [-0.3, -0.25) is 4.98 Å². The third-order valence-electron chi connectivity index (χ3n) is 4.52. The molecule has 2 aromatic rings. The maximum Gasteiger partial charge on any atom is 0.0407 e. The maximum atomic E-state index is 4.45. The number of pyridine rings is 1. The zero-order valence-electron chi connectivity index (χ0n) is 13.7. The highest BCUT2D eigenvalue weighted by Gasteiger charge is 2.26. The van der Waals surface area contributed by atoms with Gasteiger partial charge in [0.25, 0.3) is 0 Å². The van der Waals surface area contributed by atoms with Crippen LogP contribution < -0.4 is 0 Å². The normalized spacial score (nSPS) is 14.3. The van der Waals surface area contributed by atoms with E-state index in [1.807, 2.05) is 6.20 Å². The minimum atomic E-state index is 0.181. The van der Waals surface area contributed by atoms with Crippen LogP contribution in [0.25, 0.3) is 11.1 Å². The van der Waals surface area contributed by atoms with Crippen LogP contribution in [-0.2, 0) is 24.7 Å². The number of benzene rings is 1. The Morgan fingerprint density at radius 2 is 1.90 bits per heavy atom. The molecule has 0 aliphatic heterocycles. The smallest absolute Gasteiger partial charge is 0.0407 e. The van der Waals surface area contributed by atoms with Crippen molar-refractivity contribution in [3.05, 3.63) is 52.8 Å². The van der Waals surface area contributed by atoms with Gasteiger partial charge in [0.1, 0.15) is 0 Å². The van der Waals surface area contributed by atoms with Crippen molar-refractivity contribution in [1.29, 1.82) is 0 Å². The molecule has 0 amide bonds. The number of aromatic nitrogens is 1. The molecule has 0 N–H and O–H groups in total. The van der Waals surface area contributed by atoms with E-state index in [0.717, 1.165) is 6.42 Å². The number of aryl methyl sites for hydroxylation is 2. The number of fused-ring (bicyclic) bond motifs is 1. The van der Waals surface area contributed by atoms with Gasteiger partial charge >= 0.3 is 0 Å². The van der Waals surface area contributed by atoms with Gasteiger partial charge in [0, 0.05) is 11.9 Å². The van der Waals surface area contributed by atoms with Gasteiger partial charge in [-0.2, -0.15) is 0 Å². The minimum absolute atomic E-state index is 0.181. The molecule has 0 bridgehead atoms. The number of nitrogens with zero attached hydrogens (tertiary/aromatic N) is 1. The molecule has 1 heteroatoms. The molecule has 1 aromatic heterocycles. The summed E-state index contributed by atoms with van der Waals surface area (Å²) in [5.74, 6) is 0. The first-order valence-corrected chi connectivity index (χ1v) is 8.11. The van der Waals surface area contributed by atoms with Crippen LogP contribution in [0.3, 0.4) is 0 Å². The molecular weight excluding hydrogens is 254 g/mol. The van der Waals surface area contributed by atoms with E-state index in [2.05, 4.69) is 56.9 Å². The zero-order valence-corrected chi connectivity index (χ0v) is 13.7. The summed E-state index contributed by atoms with van der Waals surface area (Å²) in [7, 11) is 0. The third-order valence-corrected chi connectivity index (χ3v) is 4.52. The minimum Gasteiger partial charge on any atom is -0.261 e. The molecule has 0 atom stereocenters. The molecule has 0 spiro atoms. The second kappa shape index (κ2) is 5.29. The summed E-state index contributed by atoms with van der Waals surface area (Å²) in [6.07, 6.45) is 6.73. The van der Waals surface area contributed by atoms with Crippen molar-refractivity contribution >= 4 is 0 Å². The topological polar surface area (TPSA) is 12.9 Å². The number of rotatable bonds is 2. The Balaban J connectivity index is 2.23. The lowest BCUT2D eigenvalue weighted by Crippen LogP contribution is -2.16. The van der Waals surface area contributed by atoms with Crippen LogP contribution in [0.15, 0.2) is 30.5 Å². The fourth-order valence-electron chi connectivity index (χ4n) is 3.60. The van der Waals surface area contributed by atoms with Crippen molar-refractivity contribution in [1.82, 2.24) is 4.98 Å². The van der Waals surface area contributed by atoms with Crippen LogP contribution in [0.5, 0.6) is 0 Å². The molecule has 0 radical (unpaired) electrons. The quantitative estimate of drug-likeness (QED) is 0.745. The van der Waals surface area contributed by atoms with E-state index < -0.39 is 0 Å². The Hall–Kier alpha value is -1.63. The molecule has 0 fully saturated rings. The zero-order chi connectivity index (χ0) is 15.0. The molecule has 21 heavy (non-hydrogen) atoms. The fraction of sp³-hybridized carbons (Fsp3) is 0.450. The van der Waals surface area contributed by atoms with E-state index in [1.165, 1.54) is 36.1 Å². The van der Waals surface area contributed by atoms with Gasteiger partial charge in [-0.1, -0.05) is 39.8 Å². The van der Waals surface area contributed by atoms with E-state index in [0.29, 0.717) is 0 Å². The van der Waals surface area contributed by atoms with E-state index in [-0.39, 0.29) is 5.41 Å². The van der Waals surface area contributed by atoms with Crippen molar-refractivity contribution in [2.24, 2.45) is 0 Å². The van der Waals surface area contributed by atoms with Crippen LogP contribution in [0.4, 0.5) is 0 Å². The highest BCUT2D eigenvalue weighted by molar-refractivity contribution is 5.72. The summed E-state index contributed by atoms with van der Waals surface area (Å²) < 4.78 is 0. The standard InChI is InChI=1S/C20H25N/c1-5-16-13-15(11-12-21-16)18-10-9-14-7-6-8-17(14)19(18)20(2,3)4/h9-13H,5-8H2,1-4H3. The van der Waals surface area contributed by atoms with E-state index in [1.54, 1.807) is 16.7 Å². The molecule has 1 nitrogen and oxygen atoms in total. The first kappa shape index (κ1) is 14.3. The third kappa shape index (κ3) is 2.62. The van der Waals surface area contributed by atoms with Crippen LogP contribution in [0, 0.1) is 0 Å². The van der Waals surface area contributed by atoms with E-state index in [9.17, 15) is 0 Å². The number of hydrogen-bond donors (Lipinski definition) is 0. The van der Waals surface area contributed by atoms with Crippen LogP contribution >= 0.6 is 0 Å².